The minimum Gasteiger partial charge on any atom is -0.288 e. The maximum absolute atomic E-state index is 12.3. The fourth-order valence-corrected chi connectivity index (χ4v) is 2.12. The van der Waals surface area contributed by atoms with Gasteiger partial charge >= 0.3 is 0 Å². The van der Waals surface area contributed by atoms with Gasteiger partial charge in [0, 0.05) is 12.4 Å². The van der Waals surface area contributed by atoms with Crippen molar-refractivity contribution < 1.29 is 4.79 Å². The van der Waals surface area contributed by atoms with Crippen LogP contribution in [-0.4, -0.2) is 17.9 Å². The number of benzene rings is 2. The van der Waals surface area contributed by atoms with Crippen molar-refractivity contribution in [2.45, 2.75) is 0 Å². The Morgan fingerprint density at radius 3 is 2.48 bits per heavy atom. The van der Waals surface area contributed by atoms with Gasteiger partial charge < -0.3 is 0 Å². The van der Waals surface area contributed by atoms with E-state index in [1.807, 2.05) is 60.7 Å². The highest BCUT2D eigenvalue weighted by Crippen LogP contribution is 2.13. The van der Waals surface area contributed by atoms with Crippen molar-refractivity contribution in [1.82, 2.24) is 10.4 Å². The molecule has 0 unspecified atom stereocenters. The average molecular weight is 277 g/mol. The quantitative estimate of drug-likeness (QED) is 0.748. The predicted octanol–water partition coefficient (Wildman–Crippen LogP) is 3.02. The van der Waals surface area contributed by atoms with Crippen LogP contribution in [0, 0.1) is 0 Å². The van der Waals surface area contributed by atoms with Gasteiger partial charge in [0.2, 0.25) is 0 Å². The number of aromatic nitrogens is 1. The number of nitrogens with zero attached hydrogens (tertiary/aromatic N) is 2. The minimum absolute atomic E-state index is 0.230. The first kappa shape index (κ1) is 13.1. The van der Waals surface area contributed by atoms with Crippen LogP contribution in [0.2, 0.25) is 0 Å². The molecule has 1 N–H and O–H groups in total. The van der Waals surface area contributed by atoms with Crippen LogP contribution in [0.4, 0.5) is 5.69 Å². The molecule has 1 aromatic heterocycles. The number of hydrazine groups is 1. The van der Waals surface area contributed by atoms with Gasteiger partial charge in [-0.25, -0.2) is 4.98 Å². The molecule has 3 rings (SSSR count). The summed E-state index contributed by atoms with van der Waals surface area (Å²) in [4.78, 5) is 16.6. The van der Waals surface area contributed by atoms with E-state index in [2.05, 4.69) is 10.4 Å². The van der Waals surface area contributed by atoms with Gasteiger partial charge in [-0.15, -0.1) is 0 Å². The van der Waals surface area contributed by atoms with E-state index in [4.69, 9.17) is 0 Å². The molecule has 0 bridgehead atoms. The molecule has 0 saturated heterocycles. The Morgan fingerprint density at radius 1 is 0.952 bits per heavy atom. The Bertz CT molecular complexity index is 771. The molecule has 0 aliphatic heterocycles. The Kier molecular flexibility index (Phi) is 3.51. The second-order valence-electron chi connectivity index (χ2n) is 4.72. The summed E-state index contributed by atoms with van der Waals surface area (Å²) in [5.74, 6) is -0.230. The molecule has 2 aromatic carbocycles. The van der Waals surface area contributed by atoms with Crippen molar-refractivity contribution in [3.05, 3.63) is 72.4 Å². The normalized spacial score (nSPS) is 10.3. The molecule has 3 aromatic rings. The highest BCUT2D eigenvalue weighted by molar-refractivity contribution is 5.95. The molecular weight excluding hydrogens is 262 g/mol. The zero-order valence-corrected chi connectivity index (χ0v) is 11.7. The maximum atomic E-state index is 12.3. The lowest BCUT2D eigenvalue weighted by atomic mass is 10.2. The van der Waals surface area contributed by atoms with Crippen LogP contribution in [0.5, 0.6) is 0 Å². The van der Waals surface area contributed by atoms with Crippen molar-refractivity contribution in [1.29, 1.82) is 0 Å². The van der Waals surface area contributed by atoms with Crippen molar-refractivity contribution in [3.8, 4) is 0 Å². The molecule has 0 atom stereocenters. The van der Waals surface area contributed by atoms with Crippen LogP contribution in [0.3, 0.4) is 0 Å². The maximum Gasteiger partial charge on any atom is 0.288 e. The van der Waals surface area contributed by atoms with Crippen LogP contribution in [-0.2, 0) is 0 Å². The first-order chi connectivity index (χ1) is 10.2. The van der Waals surface area contributed by atoms with Crippen LogP contribution in [0.15, 0.2) is 66.7 Å². The van der Waals surface area contributed by atoms with Gasteiger partial charge in [-0.2, -0.15) is 0 Å². The summed E-state index contributed by atoms with van der Waals surface area (Å²) in [6, 6.07) is 21.0. The van der Waals surface area contributed by atoms with Crippen LogP contribution in [0.25, 0.3) is 10.9 Å². The highest BCUT2D eigenvalue weighted by atomic mass is 16.2. The summed E-state index contributed by atoms with van der Waals surface area (Å²) < 4.78 is 0. The number of pyridine rings is 1. The third kappa shape index (κ3) is 2.84. The fraction of sp³-hybridized carbons (Fsp3) is 0.0588. The first-order valence-corrected chi connectivity index (χ1v) is 6.69. The number of anilines is 1. The predicted molar refractivity (Wildman–Crippen MR) is 84.1 cm³/mol. The summed E-state index contributed by atoms with van der Waals surface area (Å²) in [6.07, 6.45) is 0. The van der Waals surface area contributed by atoms with E-state index in [-0.39, 0.29) is 5.91 Å². The lowest BCUT2D eigenvalue weighted by Gasteiger charge is -2.19. The molecule has 0 radical (unpaired) electrons. The van der Waals surface area contributed by atoms with E-state index in [1.165, 1.54) is 0 Å². The lowest BCUT2D eigenvalue weighted by Crippen LogP contribution is -2.39. The summed E-state index contributed by atoms with van der Waals surface area (Å²) in [7, 11) is 1.80. The average Bonchev–Trinajstić information content (AvgIpc) is 2.55. The second-order valence-corrected chi connectivity index (χ2v) is 4.72. The van der Waals surface area contributed by atoms with Gasteiger partial charge in [0.05, 0.1) is 11.2 Å². The standard InChI is InChI=1S/C17H15N3O/c1-20(14-8-3-2-4-9-14)19-17(21)16-12-11-13-7-5-6-10-15(13)18-16/h2-12H,1H3,(H,19,21). The number of para-hydroxylation sites is 2. The van der Waals surface area contributed by atoms with Crippen LogP contribution in [0.1, 0.15) is 10.5 Å². The van der Waals surface area contributed by atoms with Crippen molar-refractivity contribution in [3.63, 3.8) is 0 Å². The molecule has 0 spiro atoms. The van der Waals surface area contributed by atoms with E-state index in [0.29, 0.717) is 5.69 Å². The van der Waals surface area contributed by atoms with Gasteiger partial charge in [-0.1, -0.05) is 42.5 Å². The number of amides is 1. The molecule has 4 nitrogen and oxygen atoms in total. The number of rotatable bonds is 3. The number of hydrogen-bond donors (Lipinski definition) is 1. The molecule has 1 heterocycles. The minimum atomic E-state index is -0.230. The Morgan fingerprint density at radius 2 is 1.67 bits per heavy atom. The Balaban J connectivity index is 1.80. The van der Waals surface area contributed by atoms with Gasteiger partial charge in [0.25, 0.3) is 5.91 Å². The van der Waals surface area contributed by atoms with Crippen molar-refractivity contribution >= 4 is 22.5 Å². The monoisotopic (exact) mass is 277 g/mol. The molecule has 0 fully saturated rings. The molecule has 0 aliphatic carbocycles. The number of hydrogen-bond acceptors (Lipinski definition) is 3. The van der Waals surface area contributed by atoms with E-state index >= 15 is 0 Å². The van der Waals surface area contributed by atoms with Crippen molar-refractivity contribution in [2.24, 2.45) is 0 Å². The molecule has 1 amide bonds. The van der Waals surface area contributed by atoms with Gasteiger partial charge in [-0.3, -0.25) is 15.2 Å². The summed E-state index contributed by atoms with van der Waals surface area (Å²) >= 11 is 0. The SMILES string of the molecule is CN(NC(=O)c1ccc2ccccc2n1)c1ccccc1. The second kappa shape index (κ2) is 5.63. The van der Waals surface area contributed by atoms with E-state index in [9.17, 15) is 4.79 Å². The molecule has 21 heavy (non-hydrogen) atoms. The zero-order chi connectivity index (χ0) is 14.7. The molecule has 104 valence electrons. The van der Waals surface area contributed by atoms with Gasteiger partial charge in [0.1, 0.15) is 5.69 Å². The van der Waals surface area contributed by atoms with Crippen molar-refractivity contribution in [2.75, 3.05) is 12.1 Å². The zero-order valence-electron chi connectivity index (χ0n) is 11.7. The Labute approximate surface area is 123 Å². The van der Waals surface area contributed by atoms with Gasteiger partial charge in [0.15, 0.2) is 0 Å². The summed E-state index contributed by atoms with van der Waals surface area (Å²) in [5, 5.41) is 2.70. The number of nitrogens with one attached hydrogen (secondary N) is 1. The Hall–Kier alpha value is -2.88. The van der Waals surface area contributed by atoms with Crippen LogP contribution >= 0.6 is 0 Å². The lowest BCUT2D eigenvalue weighted by molar-refractivity contribution is 0.0947. The van der Waals surface area contributed by atoms with Crippen LogP contribution < -0.4 is 10.4 Å². The first-order valence-electron chi connectivity index (χ1n) is 6.69. The molecular formula is C17H15N3O. The van der Waals surface area contributed by atoms with E-state index in [1.54, 1.807) is 18.1 Å². The largest absolute Gasteiger partial charge is 0.288 e. The smallest absolute Gasteiger partial charge is 0.288 e. The summed E-state index contributed by atoms with van der Waals surface area (Å²) in [6.45, 7) is 0. The number of fused-ring (bicyclic) bond motifs is 1. The fourth-order valence-electron chi connectivity index (χ4n) is 2.12. The summed E-state index contributed by atoms with van der Waals surface area (Å²) in [5.41, 5.74) is 4.93. The molecule has 0 saturated carbocycles. The molecule has 0 aliphatic rings. The highest BCUT2D eigenvalue weighted by Gasteiger charge is 2.10. The molecule has 4 heteroatoms. The third-order valence-corrected chi connectivity index (χ3v) is 3.24. The number of carbonyl (C=O) groups is 1. The van der Waals surface area contributed by atoms with Gasteiger partial charge in [-0.05, 0) is 24.3 Å². The number of carbonyl (C=O) groups excluding carboxylic acids is 1. The van der Waals surface area contributed by atoms with E-state index < -0.39 is 0 Å². The van der Waals surface area contributed by atoms with E-state index in [0.717, 1.165) is 16.6 Å². The topological polar surface area (TPSA) is 45.2 Å². The third-order valence-electron chi connectivity index (χ3n) is 3.24.